The zero-order valence-electron chi connectivity index (χ0n) is 11.8. The maximum atomic E-state index is 13.3. The third-order valence-corrected chi connectivity index (χ3v) is 4.05. The van der Waals surface area contributed by atoms with Crippen molar-refractivity contribution >= 4 is 11.6 Å². The van der Waals surface area contributed by atoms with Crippen molar-refractivity contribution in [3.8, 4) is 0 Å². The van der Waals surface area contributed by atoms with Crippen LogP contribution in [0.25, 0.3) is 0 Å². The van der Waals surface area contributed by atoms with Crippen molar-refractivity contribution in [1.29, 1.82) is 0 Å². The van der Waals surface area contributed by atoms with Gasteiger partial charge in [0, 0.05) is 12.2 Å². The Morgan fingerprint density at radius 2 is 2.30 bits per heavy atom. The molecule has 1 atom stereocenters. The fourth-order valence-corrected chi connectivity index (χ4v) is 2.65. The zero-order chi connectivity index (χ0) is 14.1. The summed E-state index contributed by atoms with van der Waals surface area (Å²) in [4.78, 5) is 14.2. The molecule has 2 aliphatic rings. The quantitative estimate of drug-likeness (QED) is 0.847. The lowest BCUT2D eigenvalue weighted by molar-refractivity contribution is -0.129. The highest BCUT2D eigenvalue weighted by atomic mass is 19.1. The molecule has 1 aromatic rings. The number of carbonyl (C=O) groups excluding carboxylic acids is 1. The number of ether oxygens (including phenoxy) is 1. The van der Waals surface area contributed by atoms with Gasteiger partial charge >= 0.3 is 0 Å². The predicted molar refractivity (Wildman–Crippen MR) is 75.2 cm³/mol. The van der Waals surface area contributed by atoms with Gasteiger partial charge in [-0.3, -0.25) is 4.79 Å². The fourth-order valence-electron chi connectivity index (χ4n) is 2.65. The van der Waals surface area contributed by atoms with Crippen LogP contribution < -0.4 is 4.90 Å². The maximum Gasteiger partial charge on any atom is 0.255 e. The monoisotopic (exact) mass is 277 g/mol. The van der Waals surface area contributed by atoms with Gasteiger partial charge in [-0.25, -0.2) is 4.39 Å². The summed E-state index contributed by atoms with van der Waals surface area (Å²) >= 11 is 0. The SMILES string of the molecule is CC(OCC1CC1)C(=O)N1CCCc2cc(F)ccc21. The van der Waals surface area contributed by atoms with Crippen LogP contribution in [-0.4, -0.2) is 25.2 Å². The van der Waals surface area contributed by atoms with Crippen LogP contribution in [0, 0.1) is 11.7 Å². The van der Waals surface area contributed by atoms with Crippen LogP contribution >= 0.6 is 0 Å². The normalized spacial score (nSPS) is 19.6. The smallest absolute Gasteiger partial charge is 0.255 e. The highest BCUT2D eigenvalue weighted by Crippen LogP contribution is 2.31. The molecule has 0 spiro atoms. The molecule has 108 valence electrons. The summed E-state index contributed by atoms with van der Waals surface area (Å²) < 4.78 is 18.9. The molecule has 1 aliphatic heterocycles. The van der Waals surface area contributed by atoms with Gasteiger partial charge in [-0.15, -0.1) is 0 Å². The van der Waals surface area contributed by atoms with Gasteiger partial charge in [0.1, 0.15) is 11.9 Å². The summed E-state index contributed by atoms with van der Waals surface area (Å²) in [6.07, 6.45) is 3.71. The van der Waals surface area contributed by atoms with Crippen LogP contribution in [0.5, 0.6) is 0 Å². The molecule has 1 heterocycles. The molecule has 0 bridgehead atoms. The van der Waals surface area contributed by atoms with E-state index in [4.69, 9.17) is 4.74 Å². The van der Waals surface area contributed by atoms with Crippen LogP contribution in [-0.2, 0) is 16.0 Å². The van der Waals surface area contributed by atoms with E-state index in [1.807, 2.05) is 6.92 Å². The minimum Gasteiger partial charge on any atom is -0.368 e. The summed E-state index contributed by atoms with van der Waals surface area (Å²) in [5, 5.41) is 0. The molecule has 1 unspecified atom stereocenters. The van der Waals surface area contributed by atoms with Crippen LogP contribution in [0.15, 0.2) is 18.2 Å². The first-order valence-corrected chi connectivity index (χ1v) is 7.36. The summed E-state index contributed by atoms with van der Waals surface area (Å²) in [6.45, 7) is 3.17. The Bertz CT molecular complexity index is 513. The van der Waals surface area contributed by atoms with Crippen LogP contribution in [0.3, 0.4) is 0 Å². The predicted octanol–water partition coefficient (Wildman–Crippen LogP) is 2.92. The van der Waals surface area contributed by atoms with Crippen LogP contribution in [0.4, 0.5) is 10.1 Å². The Hall–Kier alpha value is -1.42. The van der Waals surface area contributed by atoms with Crippen molar-refractivity contribution in [1.82, 2.24) is 0 Å². The van der Waals surface area contributed by atoms with Gasteiger partial charge in [0.2, 0.25) is 0 Å². The molecular formula is C16H20FNO2. The van der Waals surface area contributed by atoms with Crippen molar-refractivity contribution in [3.05, 3.63) is 29.6 Å². The van der Waals surface area contributed by atoms with Gasteiger partial charge in [-0.05, 0) is 62.3 Å². The number of nitrogens with zero attached hydrogens (tertiary/aromatic N) is 1. The Labute approximate surface area is 118 Å². The van der Waals surface area contributed by atoms with Gasteiger partial charge in [-0.2, -0.15) is 0 Å². The van der Waals surface area contributed by atoms with Gasteiger partial charge in [0.15, 0.2) is 0 Å². The Balaban J connectivity index is 1.71. The largest absolute Gasteiger partial charge is 0.368 e. The third-order valence-electron chi connectivity index (χ3n) is 4.05. The van der Waals surface area contributed by atoms with Crippen molar-refractivity contribution in [2.45, 2.75) is 38.7 Å². The molecule has 0 radical (unpaired) electrons. The lowest BCUT2D eigenvalue weighted by atomic mass is 10.0. The third kappa shape index (κ3) is 2.85. The number of carbonyl (C=O) groups is 1. The van der Waals surface area contributed by atoms with E-state index in [0.717, 1.165) is 24.1 Å². The second kappa shape index (κ2) is 5.52. The van der Waals surface area contributed by atoms with E-state index in [1.165, 1.54) is 25.0 Å². The average molecular weight is 277 g/mol. The minimum atomic E-state index is -0.424. The Morgan fingerprint density at radius 3 is 3.05 bits per heavy atom. The molecule has 0 saturated heterocycles. The second-order valence-electron chi connectivity index (χ2n) is 5.79. The van der Waals surface area contributed by atoms with Gasteiger partial charge in [0.25, 0.3) is 5.91 Å². The molecule has 1 aromatic carbocycles. The molecule has 0 aromatic heterocycles. The van der Waals surface area contributed by atoms with E-state index in [2.05, 4.69) is 0 Å². The number of hydrogen-bond acceptors (Lipinski definition) is 2. The lowest BCUT2D eigenvalue weighted by Gasteiger charge is -2.31. The lowest BCUT2D eigenvalue weighted by Crippen LogP contribution is -2.42. The van der Waals surface area contributed by atoms with Crippen molar-refractivity contribution in [2.24, 2.45) is 5.92 Å². The highest BCUT2D eigenvalue weighted by molar-refractivity contribution is 5.97. The van der Waals surface area contributed by atoms with Crippen LogP contribution in [0.2, 0.25) is 0 Å². The summed E-state index contributed by atoms with van der Waals surface area (Å²) in [5.41, 5.74) is 1.75. The van der Waals surface area contributed by atoms with Crippen molar-refractivity contribution < 1.29 is 13.9 Å². The van der Waals surface area contributed by atoms with E-state index in [9.17, 15) is 9.18 Å². The van der Waals surface area contributed by atoms with E-state index in [0.29, 0.717) is 19.1 Å². The topological polar surface area (TPSA) is 29.5 Å². The molecular weight excluding hydrogens is 257 g/mol. The summed E-state index contributed by atoms with van der Waals surface area (Å²) in [7, 11) is 0. The van der Waals surface area contributed by atoms with E-state index >= 15 is 0 Å². The molecule has 1 amide bonds. The standard InChI is InChI=1S/C16H20FNO2/c1-11(20-10-12-4-5-12)16(19)18-8-2-3-13-9-14(17)6-7-15(13)18/h6-7,9,11-12H,2-5,8,10H2,1H3. The number of anilines is 1. The van der Waals surface area contributed by atoms with E-state index in [-0.39, 0.29) is 11.7 Å². The number of halogens is 1. The first-order chi connectivity index (χ1) is 9.65. The number of hydrogen-bond donors (Lipinski definition) is 0. The second-order valence-corrected chi connectivity index (χ2v) is 5.79. The number of amides is 1. The highest BCUT2D eigenvalue weighted by Gasteiger charge is 2.29. The molecule has 3 rings (SSSR count). The van der Waals surface area contributed by atoms with Crippen LogP contribution in [0.1, 0.15) is 31.7 Å². The molecule has 0 N–H and O–H groups in total. The first-order valence-electron chi connectivity index (χ1n) is 7.36. The van der Waals surface area contributed by atoms with Gasteiger partial charge in [0.05, 0.1) is 6.61 Å². The Kier molecular flexibility index (Phi) is 3.74. The van der Waals surface area contributed by atoms with E-state index in [1.54, 1.807) is 11.0 Å². The number of benzene rings is 1. The zero-order valence-corrected chi connectivity index (χ0v) is 11.8. The van der Waals surface area contributed by atoms with Gasteiger partial charge < -0.3 is 9.64 Å². The number of rotatable bonds is 4. The maximum absolute atomic E-state index is 13.3. The number of aryl methyl sites for hydroxylation is 1. The molecule has 4 heteroatoms. The Morgan fingerprint density at radius 1 is 1.50 bits per heavy atom. The van der Waals surface area contributed by atoms with E-state index < -0.39 is 6.10 Å². The first kappa shape index (κ1) is 13.6. The average Bonchev–Trinajstić information content (AvgIpc) is 3.27. The molecule has 20 heavy (non-hydrogen) atoms. The van der Waals surface area contributed by atoms with Crippen molar-refractivity contribution in [2.75, 3.05) is 18.1 Å². The summed E-state index contributed by atoms with van der Waals surface area (Å²) in [6, 6.07) is 4.65. The fraction of sp³-hybridized carbons (Fsp3) is 0.562. The van der Waals surface area contributed by atoms with Gasteiger partial charge in [-0.1, -0.05) is 0 Å². The van der Waals surface area contributed by atoms with Crippen molar-refractivity contribution in [3.63, 3.8) is 0 Å². The molecule has 1 fully saturated rings. The molecule has 3 nitrogen and oxygen atoms in total. The summed E-state index contributed by atoms with van der Waals surface area (Å²) in [5.74, 6) is 0.391. The number of fused-ring (bicyclic) bond motifs is 1. The molecule has 1 saturated carbocycles. The minimum absolute atomic E-state index is 0.0155. The molecule has 1 aliphatic carbocycles.